The van der Waals surface area contributed by atoms with Crippen molar-refractivity contribution in [3.63, 3.8) is 0 Å². The minimum absolute atomic E-state index is 0. The third-order valence-corrected chi connectivity index (χ3v) is 3.33. The molecule has 0 aliphatic carbocycles. The molecule has 5 nitrogen and oxygen atoms in total. The zero-order valence-corrected chi connectivity index (χ0v) is 14.8. The second-order valence-corrected chi connectivity index (χ2v) is 6.13. The first kappa shape index (κ1) is 20.5. The molecule has 126 valence electrons. The number of carbonyl (C=O) groups excluding carboxylic acids is 1. The zero-order chi connectivity index (χ0) is 16.0. The van der Waals surface area contributed by atoms with Crippen molar-refractivity contribution < 1.29 is 14.3 Å². The molecule has 0 heterocycles. The molecule has 0 aliphatic rings. The van der Waals surface area contributed by atoms with Crippen molar-refractivity contribution in [3.8, 4) is 11.5 Å². The van der Waals surface area contributed by atoms with Gasteiger partial charge in [-0.25, -0.2) is 0 Å². The van der Waals surface area contributed by atoms with Crippen molar-refractivity contribution in [2.45, 2.75) is 26.8 Å². The van der Waals surface area contributed by atoms with Gasteiger partial charge in [0.05, 0.1) is 19.7 Å². The van der Waals surface area contributed by atoms with E-state index >= 15 is 0 Å². The number of amides is 1. The average molecular weight is 331 g/mol. The number of hydrogen-bond acceptors (Lipinski definition) is 4. The normalized spacial score (nSPS) is 12.1. The van der Waals surface area contributed by atoms with Gasteiger partial charge in [-0.1, -0.05) is 20.8 Å². The summed E-state index contributed by atoms with van der Waals surface area (Å²) in [5.41, 5.74) is 5.72. The highest BCUT2D eigenvalue weighted by atomic mass is 35.5. The average Bonchev–Trinajstić information content (AvgIpc) is 2.45. The Balaban J connectivity index is 0.00000441. The molecule has 0 unspecified atom stereocenters. The fraction of sp³-hybridized carbons (Fsp3) is 0.562. The number of carbonyl (C=O) groups is 1. The third kappa shape index (κ3) is 6.12. The number of benzene rings is 1. The van der Waals surface area contributed by atoms with E-state index < -0.39 is 6.04 Å². The van der Waals surface area contributed by atoms with E-state index in [1.807, 2.05) is 45.0 Å². The lowest BCUT2D eigenvalue weighted by Gasteiger charge is -2.29. The minimum Gasteiger partial charge on any atom is -0.497 e. The topological polar surface area (TPSA) is 64.8 Å². The van der Waals surface area contributed by atoms with Crippen LogP contribution in [0.5, 0.6) is 11.5 Å². The van der Waals surface area contributed by atoms with Crippen molar-refractivity contribution >= 4 is 18.3 Å². The van der Waals surface area contributed by atoms with Crippen LogP contribution in [-0.4, -0.2) is 44.2 Å². The molecule has 6 heteroatoms. The van der Waals surface area contributed by atoms with E-state index in [-0.39, 0.29) is 23.7 Å². The molecule has 0 bridgehead atoms. The van der Waals surface area contributed by atoms with Crippen molar-refractivity contribution in [3.05, 3.63) is 24.3 Å². The van der Waals surface area contributed by atoms with Gasteiger partial charge in [0.1, 0.15) is 18.1 Å². The van der Waals surface area contributed by atoms with Crippen molar-refractivity contribution in [1.82, 2.24) is 4.90 Å². The van der Waals surface area contributed by atoms with Gasteiger partial charge in [-0.05, 0) is 29.7 Å². The molecule has 0 saturated heterocycles. The summed E-state index contributed by atoms with van der Waals surface area (Å²) in [5.74, 6) is 1.46. The van der Waals surface area contributed by atoms with Crippen molar-refractivity contribution in [2.24, 2.45) is 11.1 Å². The Kier molecular flexibility index (Phi) is 8.27. The number of methoxy groups -OCH3 is 1. The van der Waals surface area contributed by atoms with Crippen molar-refractivity contribution in [2.75, 3.05) is 27.3 Å². The molecule has 0 fully saturated rings. The smallest absolute Gasteiger partial charge is 0.239 e. The van der Waals surface area contributed by atoms with E-state index in [0.29, 0.717) is 13.2 Å². The van der Waals surface area contributed by atoms with Gasteiger partial charge < -0.3 is 20.1 Å². The van der Waals surface area contributed by atoms with Crippen LogP contribution >= 0.6 is 12.4 Å². The van der Waals surface area contributed by atoms with Gasteiger partial charge >= 0.3 is 0 Å². The maximum atomic E-state index is 12.1. The third-order valence-electron chi connectivity index (χ3n) is 3.33. The van der Waals surface area contributed by atoms with Gasteiger partial charge in [0.15, 0.2) is 0 Å². The number of rotatable bonds is 6. The second kappa shape index (κ2) is 8.86. The lowest BCUT2D eigenvalue weighted by Crippen LogP contribution is -2.49. The van der Waals surface area contributed by atoms with Crippen molar-refractivity contribution in [1.29, 1.82) is 0 Å². The monoisotopic (exact) mass is 330 g/mol. The molecule has 1 amide bonds. The van der Waals surface area contributed by atoms with E-state index in [1.165, 1.54) is 0 Å². The maximum absolute atomic E-state index is 12.1. The van der Waals surface area contributed by atoms with Crippen LogP contribution in [0.4, 0.5) is 0 Å². The number of hydrogen-bond donors (Lipinski definition) is 1. The summed E-state index contributed by atoms with van der Waals surface area (Å²) in [6.45, 7) is 6.78. The van der Waals surface area contributed by atoms with Gasteiger partial charge in [-0.2, -0.15) is 0 Å². The van der Waals surface area contributed by atoms with Gasteiger partial charge in [0.2, 0.25) is 5.91 Å². The lowest BCUT2D eigenvalue weighted by molar-refractivity contribution is -0.133. The molecule has 0 saturated carbocycles. The first-order valence-corrected chi connectivity index (χ1v) is 7.03. The lowest BCUT2D eigenvalue weighted by atomic mass is 9.86. The number of ether oxygens (including phenoxy) is 2. The molecular formula is C16H27ClN2O3. The molecule has 1 rings (SSSR count). The van der Waals surface area contributed by atoms with Gasteiger partial charge in [-0.3, -0.25) is 4.79 Å². The number of halogens is 1. The van der Waals surface area contributed by atoms with Crippen LogP contribution in [0, 0.1) is 5.41 Å². The molecule has 0 radical (unpaired) electrons. The Hall–Kier alpha value is -1.46. The molecular weight excluding hydrogens is 304 g/mol. The SMILES string of the molecule is COc1ccc(OCCN(C)C(=O)[C@@H](N)C(C)(C)C)cc1.Cl. The number of nitrogens with zero attached hydrogens (tertiary/aromatic N) is 1. The van der Waals surface area contributed by atoms with Crippen LogP contribution < -0.4 is 15.2 Å². The summed E-state index contributed by atoms with van der Waals surface area (Å²) < 4.78 is 10.7. The summed E-state index contributed by atoms with van der Waals surface area (Å²) >= 11 is 0. The molecule has 1 aromatic carbocycles. The molecule has 1 atom stereocenters. The molecule has 0 aromatic heterocycles. The summed E-state index contributed by atoms with van der Waals surface area (Å²) in [4.78, 5) is 13.8. The van der Waals surface area contributed by atoms with Crippen LogP contribution in [0.25, 0.3) is 0 Å². The maximum Gasteiger partial charge on any atom is 0.239 e. The Morgan fingerprint density at radius 1 is 1.23 bits per heavy atom. The summed E-state index contributed by atoms with van der Waals surface area (Å²) in [5, 5.41) is 0. The number of nitrogens with two attached hydrogens (primary N) is 1. The molecule has 0 spiro atoms. The first-order valence-electron chi connectivity index (χ1n) is 7.03. The summed E-state index contributed by atoms with van der Waals surface area (Å²) in [6.07, 6.45) is 0. The van der Waals surface area contributed by atoms with Gasteiger partial charge in [-0.15, -0.1) is 12.4 Å². The first-order chi connectivity index (χ1) is 9.75. The van der Waals surface area contributed by atoms with E-state index in [2.05, 4.69) is 0 Å². The van der Waals surface area contributed by atoms with Gasteiger partial charge in [0, 0.05) is 7.05 Å². The fourth-order valence-electron chi connectivity index (χ4n) is 1.69. The van der Waals surface area contributed by atoms with Crippen LogP contribution in [0.3, 0.4) is 0 Å². The highest BCUT2D eigenvalue weighted by Crippen LogP contribution is 2.19. The largest absolute Gasteiger partial charge is 0.497 e. The number of likely N-dealkylation sites (N-methyl/N-ethyl adjacent to an activating group) is 1. The van der Waals surface area contributed by atoms with E-state index in [9.17, 15) is 4.79 Å². The second-order valence-electron chi connectivity index (χ2n) is 6.13. The molecule has 2 N–H and O–H groups in total. The predicted molar refractivity (Wildman–Crippen MR) is 90.8 cm³/mol. The van der Waals surface area contributed by atoms with E-state index in [4.69, 9.17) is 15.2 Å². The summed E-state index contributed by atoms with van der Waals surface area (Å²) in [7, 11) is 3.36. The van der Waals surface area contributed by atoms with E-state index in [0.717, 1.165) is 11.5 Å². The Morgan fingerprint density at radius 2 is 1.73 bits per heavy atom. The van der Waals surface area contributed by atoms with Crippen LogP contribution in [-0.2, 0) is 4.79 Å². The van der Waals surface area contributed by atoms with Crippen LogP contribution in [0.2, 0.25) is 0 Å². The minimum atomic E-state index is -0.511. The van der Waals surface area contributed by atoms with E-state index in [1.54, 1.807) is 19.1 Å². The highest BCUT2D eigenvalue weighted by Gasteiger charge is 2.29. The van der Waals surface area contributed by atoms with Crippen LogP contribution in [0.15, 0.2) is 24.3 Å². The molecule has 22 heavy (non-hydrogen) atoms. The zero-order valence-electron chi connectivity index (χ0n) is 14.0. The molecule has 1 aromatic rings. The highest BCUT2D eigenvalue weighted by molar-refractivity contribution is 5.85. The fourth-order valence-corrected chi connectivity index (χ4v) is 1.69. The standard InChI is InChI=1S/C16H26N2O3.ClH/c1-16(2,3)14(17)15(19)18(4)10-11-21-13-8-6-12(20-5)7-9-13;/h6-9,14H,10-11,17H2,1-5H3;1H/t14-;/m1./s1. The Labute approximate surface area is 139 Å². The predicted octanol–water partition coefficient (Wildman–Crippen LogP) is 2.33. The molecule has 0 aliphatic heterocycles. The summed E-state index contributed by atoms with van der Waals surface area (Å²) in [6, 6.07) is 6.83. The van der Waals surface area contributed by atoms with Gasteiger partial charge in [0.25, 0.3) is 0 Å². The quantitative estimate of drug-likeness (QED) is 0.869. The Morgan fingerprint density at radius 3 is 2.18 bits per heavy atom. The van der Waals surface area contributed by atoms with Crippen LogP contribution in [0.1, 0.15) is 20.8 Å². The Bertz CT molecular complexity index is 457.